The van der Waals surface area contributed by atoms with Gasteiger partial charge in [0.1, 0.15) is 5.82 Å². The molecule has 5 heteroatoms. The van der Waals surface area contributed by atoms with Gasteiger partial charge in [0.2, 0.25) is 0 Å². The molecule has 0 saturated carbocycles. The van der Waals surface area contributed by atoms with Gasteiger partial charge in [-0.2, -0.15) is 0 Å². The molecule has 1 aromatic heterocycles. The fraction of sp³-hybridized carbons (Fsp3) is 0.529. The first kappa shape index (κ1) is 15.2. The topological polar surface area (TPSA) is 54.2 Å². The summed E-state index contributed by atoms with van der Waals surface area (Å²) in [5, 5.41) is 18.4. The van der Waals surface area contributed by atoms with E-state index in [4.69, 9.17) is 0 Å². The minimum atomic E-state index is 0.213. The molecule has 1 N–H and O–H groups in total. The Morgan fingerprint density at radius 3 is 2.73 bits per heavy atom. The summed E-state index contributed by atoms with van der Waals surface area (Å²) in [5.74, 6) is 2.37. The average Bonchev–Trinajstić information content (AvgIpc) is 2.89. The number of rotatable bonds is 4. The summed E-state index contributed by atoms with van der Waals surface area (Å²) in [6.07, 6.45) is 2.37. The highest BCUT2D eigenvalue weighted by Crippen LogP contribution is 2.25. The summed E-state index contributed by atoms with van der Waals surface area (Å²) in [6.45, 7) is 4.19. The molecular formula is C17H24N4O. The predicted octanol–water partition coefficient (Wildman–Crippen LogP) is 2.07. The monoisotopic (exact) mass is 300 g/mol. The molecule has 1 aliphatic rings. The third-order valence-corrected chi connectivity index (χ3v) is 4.76. The number of nitrogens with zero attached hydrogens (tertiary/aromatic N) is 4. The van der Waals surface area contributed by atoms with Crippen LogP contribution in [0.15, 0.2) is 30.3 Å². The Balaban J connectivity index is 1.80. The predicted molar refractivity (Wildman–Crippen MR) is 86.1 cm³/mol. The number of hydrogen-bond acceptors (Lipinski definition) is 4. The molecule has 2 unspecified atom stereocenters. The summed E-state index contributed by atoms with van der Waals surface area (Å²) in [5.41, 5.74) is 1.08. The van der Waals surface area contributed by atoms with Crippen molar-refractivity contribution in [2.75, 3.05) is 13.2 Å². The molecule has 0 radical (unpaired) electrons. The van der Waals surface area contributed by atoms with Crippen molar-refractivity contribution < 1.29 is 5.11 Å². The van der Waals surface area contributed by atoms with Crippen molar-refractivity contribution in [1.82, 2.24) is 19.7 Å². The molecule has 0 spiro atoms. The number of hydrogen-bond donors (Lipinski definition) is 1. The van der Waals surface area contributed by atoms with Crippen molar-refractivity contribution in [3.63, 3.8) is 0 Å². The van der Waals surface area contributed by atoms with Crippen molar-refractivity contribution in [3.8, 4) is 11.4 Å². The summed E-state index contributed by atoms with van der Waals surface area (Å²) in [6, 6.07) is 10.4. The lowest BCUT2D eigenvalue weighted by atomic mass is 9.91. The van der Waals surface area contributed by atoms with Gasteiger partial charge in [0.25, 0.3) is 0 Å². The summed E-state index contributed by atoms with van der Waals surface area (Å²) < 4.78 is 2.06. The van der Waals surface area contributed by atoms with Crippen molar-refractivity contribution in [2.24, 2.45) is 13.0 Å². The Labute approximate surface area is 131 Å². The van der Waals surface area contributed by atoms with E-state index in [1.807, 2.05) is 37.4 Å². The number of piperidine rings is 1. The number of aliphatic hydroxyl groups excluding tert-OH is 1. The van der Waals surface area contributed by atoms with E-state index in [1.165, 1.54) is 12.8 Å². The number of benzene rings is 1. The minimum absolute atomic E-state index is 0.213. The fourth-order valence-electron chi connectivity index (χ4n) is 3.35. The standard InChI is InChI=1S/C17H24N4O/c1-13-7-6-10-21(15(13)12-22)11-16-18-19-17(20(16)2)14-8-4-3-5-9-14/h3-5,8-9,13,15,22H,6-7,10-12H2,1-2H3. The van der Waals surface area contributed by atoms with Gasteiger partial charge in [-0.25, -0.2) is 0 Å². The molecule has 1 fully saturated rings. The Bertz CT molecular complexity index is 610. The highest BCUT2D eigenvalue weighted by molar-refractivity contribution is 5.54. The van der Waals surface area contributed by atoms with Crippen LogP contribution in [0.25, 0.3) is 11.4 Å². The lowest BCUT2D eigenvalue weighted by Gasteiger charge is -2.38. The first-order valence-electron chi connectivity index (χ1n) is 7.99. The van der Waals surface area contributed by atoms with Crippen molar-refractivity contribution in [3.05, 3.63) is 36.2 Å². The van der Waals surface area contributed by atoms with Crippen LogP contribution in [0.2, 0.25) is 0 Å². The molecule has 2 heterocycles. The van der Waals surface area contributed by atoms with Crippen LogP contribution in [0.3, 0.4) is 0 Å². The zero-order valence-corrected chi connectivity index (χ0v) is 13.3. The summed E-state index contributed by atoms with van der Waals surface area (Å²) in [4.78, 5) is 2.34. The Morgan fingerprint density at radius 1 is 1.23 bits per heavy atom. The smallest absolute Gasteiger partial charge is 0.163 e. The molecule has 1 aromatic carbocycles. The van der Waals surface area contributed by atoms with Gasteiger partial charge in [-0.15, -0.1) is 10.2 Å². The lowest BCUT2D eigenvalue weighted by Crippen LogP contribution is -2.46. The Kier molecular flexibility index (Phi) is 4.55. The maximum absolute atomic E-state index is 9.68. The van der Waals surface area contributed by atoms with E-state index in [0.717, 1.165) is 30.3 Å². The third-order valence-electron chi connectivity index (χ3n) is 4.76. The van der Waals surface area contributed by atoms with Crippen LogP contribution in [-0.4, -0.2) is 44.0 Å². The fourth-order valence-corrected chi connectivity index (χ4v) is 3.35. The number of likely N-dealkylation sites (tertiary alicyclic amines) is 1. The molecule has 1 saturated heterocycles. The first-order valence-corrected chi connectivity index (χ1v) is 7.99. The summed E-state index contributed by atoms with van der Waals surface area (Å²) >= 11 is 0. The number of aromatic nitrogens is 3. The highest BCUT2D eigenvalue weighted by Gasteiger charge is 2.29. The van der Waals surface area contributed by atoms with E-state index >= 15 is 0 Å². The molecule has 2 atom stereocenters. The van der Waals surface area contributed by atoms with Crippen molar-refractivity contribution in [2.45, 2.75) is 32.4 Å². The maximum atomic E-state index is 9.68. The van der Waals surface area contributed by atoms with E-state index < -0.39 is 0 Å². The van der Waals surface area contributed by atoms with Gasteiger partial charge in [0.05, 0.1) is 13.2 Å². The van der Waals surface area contributed by atoms with E-state index in [1.54, 1.807) is 0 Å². The van der Waals surface area contributed by atoms with E-state index in [2.05, 4.69) is 26.6 Å². The zero-order valence-electron chi connectivity index (χ0n) is 13.3. The molecule has 0 aliphatic carbocycles. The molecule has 1 aliphatic heterocycles. The molecular weight excluding hydrogens is 276 g/mol. The first-order chi connectivity index (χ1) is 10.7. The van der Waals surface area contributed by atoms with Crippen LogP contribution in [0.1, 0.15) is 25.6 Å². The van der Waals surface area contributed by atoms with Crippen molar-refractivity contribution in [1.29, 1.82) is 0 Å². The molecule has 0 bridgehead atoms. The van der Waals surface area contributed by atoms with Gasteiger partial charge >= 0.3 is 0 Å². The average molecular weight is 300 g/mol. The SMILES string of the molecule is CC1CCCN(Cc2nnc(-c3ccccc3)n2C)C1CO. The van der Waals surface area contributed by atoms with Crippen LogP contribution >= 0.6 is 0 Å². The van der Waals surface area contributed by atoms with Crippen LogP contribution in [-0.2, 0) is 13.6 Å². The second-order valence-electron chi connectivity index (χ2n) is 6.20. The van der Waals surface area contributed by atoms with Gasteiger partial charge in [-0.05, 0) is 25.3 Å². The highest BCUT2D eigenvalue weighted by atomic mass is 16.3. The van der Waals surface area contributed by atoms with Crippen LogP contribution in [0, 0.1) is 5.92 Å². The van der Waals surface area contributed by atoms with Gasteiger partial charge in [0, 0.05) is 18.7 Å². The minimum Gasteiger partial charge on any atom is -0.395 e. The normalized spacial score (nSPS) is 22.9. The molecule has 118 valence electrons. The van der Waals surface area contributed by atoms with E-state index in [0.29, 0.717) is 5.92 Å². The van der Waals surface area contributed by atoms with E-state index in [9.17, 15) is 5.11 Å². The van der Waals surface area contributed by atoms with Gasteiger partial charge in [0.15, 0.2) is 5.82 Å². The molecule has 5 nitrogen and oxygen atoms in total. The Hall–Kier alpha value is -1.72. The van der Waals surface area contributed by atoms with Gasteiger partial charge in [-0.1, -0.05) is 37.3 Å². The molecule has 2 aromatic rings. The largest absolute Gasteiger partial charge is 0.395 e. The van der Waals surface area contributed by atoms with Crippen molar-refractivity contribution >= 4 is 0 Å². The lowest BCUT2D eigenvalue weighted by molar-refractivity contribution is 0.0448. The summed E-state index contributed by atoms with van der Waals surface area (Å²) in [7, 11) is 2.01. The molecule has 3 rings (SSSR count). The van der Waals surface area contributed by atoms with Crippen LogP contribution in [0.5, 0.6) is 0 Å². The molecule has 0 amide bonds. The Morgan fingerprint density at radius 2 is 2.00 bits per heavy atom. The maximum Gasteiger partial charge on any atom is 0.163 e. The van der Waals surface area contributed by atoms with Crippen LogP contribution < -0.4 is 0 Å². The third kappa shape index (κ3) is 2.91. The molecule has 22 heavy (non-hydrogen) atoms. The number of aliphatic hydroxyl groups is 1. The van der Waals surface area contributed by atoms with Gasteiger partial charge in [-0.3, -0.25) is 4.90 Å². The second-order valence-corrected chi connectivity index (χ2v) is 6.20. The van der Waals surface area contributed by atoms with Gasteiger partial charge < -0.3 is 9.67 Å². The quantitative estimate of drug-likeness (QED) is 0.939. The second kappa shape index (κ2) is 6.58. The zero-order chi connectivity index (χ0) is 15.5. The van der Waals surface area contributed by atoms with E-state index in [-0.39, 0.29) is 12.6 Å². The van der Waals surface area contributed by atoms with Crippen LogP contribution in [0.4, 0.5) is 0 Å².